The molecule has 1 saturated heterocycles. The smallest absolute Gasteiger partial charge is 0.0110 e. The van der Waals surface area contributed by atoms with E-state index in [1.165, 1.54) is 25.8 Å². The molecule has 1 heterocycles. The summed E-state index contributed by atoms with van der Waals surface area (Å²) in [4.78, 5) is 2.47. The van der Waals surface area contributed by atoms with Crippen LogP contribution in [0.15, 0.2) is 0 Å². The van der Waals surface area contributed by atoms with Gasteiger partial charge in [0.1, 0.15) is 0 Å². The number of nitrogens with two attached hydrogens (primary N) is 1. The first kappa shape index (κ1) is 6.62. The molecule has 2 nitrogen and oxygen atoms in total. The van der Waals surface area contributed by atoms with E-state index in [1.807, 2.05) is 0 Å². The van der Waals surface area contributed by atoms with Gasteiger partial charge in [0.25, 0.3) is 0 Å². The molecular formula is C8H16N2. The average Bonchev–Trinajstić information content (AvgIpc) is 2.07. The summed E-state index contributed by atoms with van der Waals surface area (Å²) in [5.74, 6) is 0.916. The SMILES string of the molecule is CN1C[C@@H]2C[C@@H](N)C[C@H]1C2. The minimum Gasteiger partial charge on any atom is -0.328 e. The topological polar surface area (TPSA) is 29.3 Å². The van der Waals surface area contributed by atoms with Crippen molar-refractivity contribution in [3.05, 3.63) is 0 Å². The molecule has 1 aliphatic carbocycles. The molecule has 1 aliphatic heterocycles. The molecule has 0 unspecified atom stereocenters. The highest BCUT2D eigenvalue weighted by atomic mass is 15.2. The van der Waals surface area contributed by atoms with Gasteiger partial charge in [-0.15, -0.1) is 0 Å². The van der Waals surface area contributed by atoms with E-state index in [0.717, 1.165) is 12.0 Å². The van der Waals surface area contributed by atoms with Gasteiger partial charge in [0.2, 0.25) is 0 Å². The summed E-state index contributed by atoms with van der Waals surface area (Å²) < 4.78 is 0. The number of nitrogens with zero attached hydrogens (tertiary/aromatic N) is 1. The fourth-order valence-corrected chi connectivity index (χ4v) is 2.52. The lowest BCUT2D eigenvalue weighted by atomic mass is 9.87. The van der Waals surface area contributed by atoms with Crippen LogP contribution in [0, 0.1) is 5.92 Å². The van der Waals surface area contributed by atoms with Crippen molar-refractivity contribution < 1.29 is 0 Å². The van der Waals surface area contributed by atoms with E-state index in [2.05, 4.69) is 11.9 Å². The molecule has 2 heteroatoms. The molecule has 10 heavy (non-hydrogen) atoms. The van der Waals surface area contributed by atoms with Crippen molar-refractivity contribution in [3.8, 4) is 0 Å². The third-order valence-electron chi connectivity index (χ3n) is 2.99. The van der Waals surface area contributed by atoms with Gasteiger partial charge in [-0.25, -0.2) is 0 Å². The van der Waals surface area contributed by atoms with Gasteiger partial charge in [-0.1, -0.05) is 0 Å². The van der Waals surface area contributed by atoms with Crippen molar-refractivity contribution in [1.82, 2.24) is 4.90 Å². The van der Waals surface area contributed by atoms with Gasteiger partial charge in [0.15, 0.2) is 0 Å². The zero-order chi connectivity index (χ0) is 7.14. The predicted molar refractivity (Wildman–Crippen MR) is 41.7 cm³/mol. The zero-order valence-electron chi connectivity index (χ0n) is 6.59. The summed E-state index contributed by atoms with van der Waals surface area (Å²) in [5, 5.41) is 0. The lowest BCUT2D eigenvalue weighted by molar-refractivity contribution is 0.281. The average molecular weight is 140 g/mol. The van der Waals surface area contributed by atoms with E-state index in [4.69, 9.17) is 5.73 Å². The maximum absolute atomic E-state index is 5.89. The summed E-state index contributed by atoms with van der Waals surface area (Å²) in [7, 11) is 2.22. The van der Waals surface area contributed by atoms with Gasteiger partial charge >= 0.3 is 0 Å². The lowest BCUT2D eigenvalue weighted by Gasteiger charge is -2.25. The van der Waals surface area contributed by atoms with Gasteiger partial charge in [-0.3, -0.25) is 0 Å². The monoisotopic (exact) mass is 140 g/mol. The van der Waals surface area contributed by atoms with Crippen LogP contribution in [0.5, 0.6) is 0 Å². The van der Waals surface area contributed by atoms with Crippen molar-refractivity contribution in [2.24, 2.45) is 11.7 Å². The summed E-state index contributed by atoms with van der Waals surface area (Å²) in [6.07, 6.45) is 3.90. The van der Waals surface area contributed by atoms with Crippen LogP contribution in [0.25, 0.3) is 0 Å². The van der Waals surface area contributed by atoms with E-state index in [-0.39, 0.29) is 0 Å². The normalized spacial score (nSPS) is 48.0. The van der Waals surface area contributed by atoms with Gasteiger partial charge in [-0.05, 0) is 32.2 Å². The maximum atomic E-state index is 5.89. The molecular weight excluding hydrogens is 124 g/mol. The molecule has 2 rings (SSSR count). The van der Waals surface area contributed by atoms with Crippen molar-refractivity contribution in [2.45, 2.75) is 31.3 Å². The Labute approximate surface area is 62.4 Å². The van der Waals surface area contributed by atoms with Crippen molar-refractivity contribution in [1.29, 1.82) is 0 Å². The first-order valence-electron chi connectivity index (χ1n) is 4.21. The molecule has 0 aromatic heterocycles. The molecule has 0 amide bonds. The third kappa shape index (κ3) is 0.956. The van der Waals surface area contributed by atoms with Crippen LogP contribution in [0.4, 0.5) is 0 Å². The Bertz CT molecular complexity index is 130. The van der Waals surface area contributed by atoms with E-state index < -0.39 is 0 Å². The van der Waals surface area contributed by atoms with Crippen molar-refractivity contribution in [2.75, 3.05) is 13.6 Å². The molecule has 0 aromatic carbocycles. The second-order valence-electron chi connectivity index (χ2n) is 3.93. The molecule has 2 fully saturated rings. The first-order chi connectivity index (χ1) is 4.75. The fraction of sp³-hybridized carbons (Fsp3) is 1.00. The quantitative estimate of drug-likeness (QED) is 0.528. The van der Waals surface area contributed by atoms with Crippen LogP contribution in [0.3, 0.4) is 0 Å². The lowest BCUT2D eigenvalue weighted by Crippen LogP contribution is -2.34. The molecule has 1 saturated carbocycles. The summed E-state index contributed by atoms with van der Waals surface area (Å²) in [5.41, 5.74) is 5.89. The Kier molecular flexibility index (Phi) is 1.46. The minimum absolute atomic E-state index is 0.494. The molecule has 2 bridgehead atoms. The Morgan fingerprint density at radius 1 is 1.30 bits per heavy atom. The molecule has 0 spiro atoms. The predicted octanol–water partition coefficient (Wildman–Crippen LogP) is 0.428. The molecule has 2 N–H and O–H groups in total. The second-order valence-corrected chi connectivity index (χ2v) is 3.93. The van der Waals surface area contributed by atoms with Crippen molar-refractivity contribution in [3.63, 3.8) is 0 Å². The van der Waals surface area contributed by atoms with Gasteiger partial charge in [-0.2, -0.15) is 0 Å². The number of hydrogen-bond donors (Lipinski definition) is 1. The first-order valence-corrected chi connectivity index (χ1v) is 4.21. The van der Waals surface area contributed by atoms with Crippen LogP contribution in [0.2, 0.25) is 0 Å². The minimum atomic E-state index is 0.494. The van der Waals surface area contributed by atoms with Crippen LogP contribution >= 0.6 is 0 Å². The fourth-order valence-electron chi connectivity index (χ4n) is 2.52. The van der Waals surface area contributed by atoms with Crippen LogP contribution in [0.1, 0.15) is 19.3 Å². The van der Waals surface area contributed by atoms with E-state index in [9.17, 15) is 0 Å². The van der Waals surface area contributed by atoms with Crippen LogP contribution < -0.4 is 5.73 Å². The standard InChI is InChI=1S/C8H16N2/c1-10-5-6-2-7(9)4-8(10)3-6/h6-8H,2-5,9H2,1H3/t6-,7-,8-/m1/s1. The second kappa shape index (κ2) is 2.21. The number of hydrogen-bond acceptors (Lipinski definition) is 2. The summed E-state index contributed by atoms with van der Waals surface area (Å²) in [6, 6.07) is 1.31. The highest BCUT2D eigenvalue weighted by Crippen LogP contribution is 2.33. The Morgan fingerprint density at radius 2 is 2.10 bits per heavy atom. The summed E-state index contributed by atoms with van der Waals surface area (Å²) >= 11 is 0. The third-order valence-corrected chi connectivity index (χ3v) is 2.99. The van der Waals surface area contributed by atoms with Crippen LogP contribution in [-0.4, -0.2) is 30.6 Å². The Balaban J connectivity index is 2.06. The maximum Gasteiger partial charge on any atom is 0.0110 e. The molecule has 0 radical (unpaired) electrons. The molecule has 0 aromatic rings. The zero-order valence-corrected chi connectivity index (χ0v) is 6.59. The summed E-state index contributed by atoms with van der Waals surface area (Å²) in [6.45, 7) is 1.29. The molecule has 3 atom stereocenters. The van der Waals surface area contributed by atoms with E-state index in [0.29, 0.717) is 6.04 Å². The van der Waals surface area contributed by atoms with Gasteiger partial charge < -0.3 is 10.6 Å². The highest BCUT2D eigenvalue weighted by Gasteiger charge is 2.35. The van der Waals surface area contributed by atoms with E-state index >= 15 is 0 Å². The molecule has 58 valence electrons. The van der Waals surface area contributed by atoms with Crippen molar-refractivity contribution >= 4 is 0 Å². The Morgan fingerprint density at radius 3 is 2.80 bits per heavy atom. The number of likely N-dealkylation sites (tertiary alicyclic amines) is 1. The highest BCUT2D eigenvalue weighted by molar-refractivity contribution is 4.92. The number of rotatable bonds is 0. The van der Waals surface area contributed by atoms with Crippen LogP contribution in [-0.2, 0) is 0 Å². The largest absolute Gasteiger partial charge is 0.328 e. The van der Waals surface area contributed by atoms with Gasteiger partial charge in [0, 0.05) is 18.6 Å². The van der Waals surface area contributed by atoms with Gasteiger partial charge in [0.05, 0.1) is 0 Å². The molecule has 2 aliphatic rings. The Hall–Kier alpha value is -0.0800. The van der Waals surface area contributed by atoms with E-state index in [1.54, 1.807) is 0 Å². The number of fused-ring (bicyclic) bond motifs is 2.